The van der Waals surface area contributed by atoms with Gasteiger partial charge in [-0.1, -0.05) is 13.3 Å². The van der Waals surface area contributed by atoms with Gasteiger partial charge < -0.3 is 15.5 Å². The van der Waals surface area contributed by atoms with Crippen LogP contribution in [-0.2, 0) is 16.6 Å². The first-order valence-corrected chi connectivity index (χ1v) is 13.1. The second-order valence-electron chi connectivity index (χ2n) is 7.87. The first-order chi connectivity index (χ1) is 14.0. The maximum Gasteiger partial charge on any atom is 0.252 e. The molecule has 0 saturated carbocycles. The van der Waals surface area contributed by atoms with Crippen LogP contribution in [0.25, 0.3) is 0 Å². The lowest BCUT2D eigenvalue weighted by molar-refractivity contribution is 0.206. The van der Waals surface area contributed by atoms with E-state index in [9.17, 15) is 8.42 Å². The Morgan fingerprint density at radius 2 is 1.87 bits per heavy atom. The Bertz CT molecular complexity index is 770. The third-order valence-corrected chi connectivity index (χ3v) is 9.12. The Kier molecular flexibility index (Phi) is 10.8. The molecule has 0 unspecified atom stereocenters. The van der Waals surface area contributed by atoms with Gasteiger partial charge in [-0.3, -0.25) is 4.99 Å². The van der Waals surface area contributed by atoms with E-state index in [0.29, 0.717) is 29.9 Å². The quantitative estimate of drug-likeness (QED) is 0.300. The molecule has 0 radical (unpaired) electrons. The molecule has 0 amide bonds. The van der Waals surface area contributed by atoms with Crippen LogP contribution in [0.5, 0.6) is 0 Å². The van der Waals surface area contributed by atoms with Crippen LogP contribution < -0.4 is 10.6 Å². The summed E-state index contributed by atoms with van der Waals surface area (Å²) < 4.78 is 27.7. The van der Waals surface area contributed by atoms with Gasteiger partial charge in [0.25, 0.3) is 10.0 Å². The molecule has 2 saturated heterocycles. The SMILES string of the molecule is CCCN1CCC(NC(=NC)NCc2ccc(S(=O)(=O)N3CCCCC3)s2)CC1.I. The fourth-order valence-electron chi connectivity index (χ4n) is 4.00. The number of nitrogens with one attached hydrogen (secondary N) is 2. The molecular formula is C20H36IN5O2S2. The van der Waals surface area contributed by atoms with Gasteiger partial charge in [0.05, 0.1) is 6.54 Å². The molecule has 30 heavy (non-hydrogen) atoms. The molecular weight excluding hydrogens is 533 g/mol. The largest absolute Gasteiger partial charge is 0.354 e. The van der Waals surface area contributed by atoms with Gasteiger partial charge >= 0.3 is 0 Å². The topological polar surface area (TPSA) is 77.0 Å². The minimum absolute atomic E-state index is 0. The zero-order valence-electron chi connectivity index (χ0n) is 18.1. The molecule has 10 heteroatoms. The van der Waals surface area contributed by atoms with E-state index in [4.69, 9.17) is 0 Å². The van der Waals surface area contributed by atoms with Gasteiger partial charge in [-0.2, -0.15) is 4.31 Å². The van der Waals surface area contributed by atoms with E-state index in [-0.39, 0.29) is 24.0 Å². The van der Waals surface area contributed by atoms with E-state index in [2.05, 4.69) is 27.4 Å². The van der Waals surface area contributed by atoms with E-state index in [1.807, 2.05) is 6.07 Å². The smallest absolute Gasteiger partial charge is 0.252 e. The fraction of sp³-hybridized carbons (Fsp3) is 0.750. The second kappa shape index (κ2) is 12.6. The highest BCUT2D eigenvalue weighted by Crippen LogP contribution is 2.27. The maximum atomic E-state index is 12.8. The molecule has 3 heterocycles. The lowest BCUT2D eigenvalue weighted by atomic mass is 10.1. The number of hydrogen-bond acceptors (Lipinski definition) is 5. The van der Waals surface area contributed by atoms with Crippen molar-refractivity contribution >= 4 is 51.3 Å². The Morgan fingerprint density at radius 3 is 2.50 bits per heavy atom. The summed E-state index contributed by atoms with van der Waals surface area (Å²) in [6, 6.07) is 4.09. The summed E-state index contributed by atoms with van der Waals surface area (Å²) >= 11 is 1.36. The number of likely N-dealkylation sites (tertiary alicyclic amines) is 1. The predicted molar refractivity (Wildman–Crippen MR) is 135 cm³/mol. The second-order valence-corrected chi connectivity index (χ2v) is 11.2. The zero-order valence-corrected chi connectivity index (χ0v) is 22.1. The number of thiophene rings is 1. The van der Waals surface area contributed by atoms with Crippen molar-refractivity contribution in [2.75, 3.05) is 39.8 Å². The third kappa shape index (κ3) is 7.04. The summed E-state index contributed by atoms with van der Waals surface area (Å²) in [4.78, 5) is 7.86. The van der Waals surface area contributed by atoms with Crippen LogP contribution in [0.15, 0.2) is 21.3 Å². The highest BCUT2D eigenvalue weighted by molar-refractivity contribution is 14.0. The van der Waals surface area contributed by atoms with Gasteiger partial charge in [0.15, 0.2) is 5.96 Å². The molecule has 0 aromatic carbocycles. The minimum atomic E-state index is -3.34. The van der Waals surface area contributed by atoms with Crippen LogP contribution in [0.1, 0.15) is 50.3 Å². The first kappa shape index (κ1) is 25.8. The van der Waals surface area contributed by atoms with Crippen molar-refractivity contribution in [2.24, 2.45) is 4.99 Å². The van der Waals surface area contributed by atoms with Crippen LogP contribution >= 0.6 is 35.3 Å². The van der Waals surface area contributed by atoms with Crippen molar-refractivity contribution in [3.63, 3.8) is 0 Å². The number of piperidine rings is 2. The molecule has 0 atom stereocenters. The Balaban J connectivity index is 0.00000320. The molecule has 0 spiro atoms. The van der Waals surface area contributed by atoms with Gasteiger partial charge in [-0.05, 0) is 50.8 Å². The number of halogens is 1. The van der Waals surface area contributed by atoms with Crippen molar-refractivity contribution in [1.29, 1.82) is 0 Å². The molecule has 0 aliphatic carbocycles. The Morgan fingerprint density at radius 1 is 1.17 bits per heavy atom. The minimum Gasteiger partial charge on any atom is -0.354 e. The van der Waals surface area contributed by atoms with Gasteiger partial charge in [-0.25, -0.2) is 8.42 Å². The fourth-order valence-corrected chi connectivity index (χ4v) is 6.97. The lowest BCUT2D eigenvalue weighted by Gasteiger charge is -2.32. The molecule has 2 aliphatic rings. The van der Waals surface area contributed by atoms with Crippen LogP contribution in [-0.4, -0.2) is 69.4 Å². The molecule has 2 N–H and O–H groups in total. The zero-order chi connectivity index (χ0) is 20.7. The Hall–Kier alpha value is -0.430. The lowest BCUT2D eigenvalue weighted by Crippen LogP contribution is -2.48. The van der Waals surface area contributed by atoms with Gasteiger partial charge in [0.1, 0.15) is 4.21 Å². The normalized spacial score (nSPS) is 20.0. The summed E-state index contributed by atoms with van der Waals surface area (Å²) in [5.74, 6) is 0.785. The van der Waals surface area contributed by atoms with E-state index in [1.165, 1.54) is 24.3 Å². The Labute approximate surface area is 202 Å². The van der Waals surface area contributed by atoms with E-state index in [0.717, 1.165) is 56.0 Å². The predicted octanol–water partition coefficient (Wildman–Crippen LogP) is 3.08. The molecule has 7 nitrogen and oxygen atoms in total. The summed E-state index contributed by atoms with van der Waals surface area (Å²) in [6.07, 6.45) is 6.49. The highest BCUT2D eigenvalue weighted by Gasteiger charge is 2.27. The highest BCUT2D eigenvalue weighted by atomic mass is 127. The van der Waals surface area contributed by atoms with E-state index >= 15 is 0 Å². The van der Waals surface area contributed by atoms with Crippen LogP contribution in [0.2, 0.25) is 0 Å². The van der Waals surface area contributed by atoms with Crippen molar-refractivity contribution < 1.29 is 8.42 Å². The molecule has 2 aliphatic heterocycles. The number of sulfonamides is 1. The van der Waals surface area contributed by atoms with Crippen LogP contribution in [0.4, 0.5) is 0 Å². The van der Waals surface area contributed by atoms with E-state index < -0.39 is 10.0 Å². The van der Waals surface area contributed by atoms with Crippen LogP contribution in [0.3, 0.4) is 0 Å². The summed E-state index contributed by atoms with van der Waals surface area (Å²) in [7, 11) is -1.56. The number of guanidine groups is 1. The van der Waals surface area contributed by atoms with Gasteiger partial charge in [-0.15, -0.1) is 35.3 Å². The monoisotopic (exact) mass is 569 g/mol. The number of nitrogens with zero attached hydrogens (tertiary/aromatic N) is 3. The standard InChI is InChI=1S/C20H35N5O2S2.HI/c1-3-11-24-14-9-17(10-15-24)23-20(21-2)22-16-18-7-8-19(28-18)29(26,27)25-12-5-4-6-13-25;/h7-8,17H,3-6,9-16H2,1-2H3,(H2,21,22,23);1H. The number of hydrogen-bond donors (Lipinski definition) is 2. The molecule has 3 rings (SSSR count). The summed E-state index contributed by atoms with van der Waals surface area (Å²) in [5.41, 5.74) is 0. The number of aliphatic imine (C=N–C) groups is 1. The van der Waals surface area contributed by atoms with Crippen molar-refractivity contribution in [3.05, 3.63) is 17.0 Å². The molecule has 172 valence electrons. The first-order valence-electron chi connectivity index (χ1n) is 10.8. The van der Waals surface area contributed by atoms with Gasteiger partial charge in [0, 0.05) is 44.1 Å². The van der Waals surface area contributed by atoms with Gasteiger partial charge in [0.2, 0.25) is 0 Å². The molecule has 1 aromatic heterocycles. The summed E-state index contributed by atoms with van der Waals surface area (Å²) in [6.45, 7) is 7.53. The average Bonchev–Trinajstić information content (AvgIpc) is 3.23. The molecule has 2 fully saturated rings. The van der Waals surface area contributed by atoms with Crippen molar-refractivity contribution in [1.82, 2.24) is 19.8 Å². The average molecular weight is 570 g/mol. The third-order valence-electron chi connectivity index (χ3n) is 5.67. The maximum absolute atomic E-state index is 12.8. The van der Waals surface area contributed by atoms with E-state index in [1.54, 1.807) is 17.4 Å². The summed E-state index contributed by atoms with van der Waals surface area (Å²) in [5, 5.41) is 6.86. The van der Waals surface area contributed by atoms with Crippen molar-refractivity contribution in [3.8, 4) is 0 Å². The van der Waals surface area contributed by atoms with Crippen LogP contribution in [0, 0.1) is 0 Å². The molecule has 1 aromatic rings. The molecule has 0 bridgehead atoms. The number of rotatable bonds is 7. The van der Waals surface area contributed by atoms with Crippen molar-refractivity contribution in [2.45, 2.75) is 62.2 Å².